The van der Waals surface area contributed by atoms with E-state index in [1.54, 1.807) is 24.3 Å². The van der Waals surface area contributed by atoms with Crippen LogP contribution in [0.15, 0.2) is 24.3 Å². The molecule has 4 aliphatic carbocycles. The first kappa shape index (κ1) is 15.5. The summed E-state index contributed by atoms with van der Waals surface area (Å²) >= 11 is 0. The lowest BCUT2D eigenvalue weighted by molar-refractivity contribution is -0.0127. The van der Waals surface area contributed by atoms with Crippen molar-refractivity contribution in [3.05, 3.63) is 29.8 Å². The van der Waals surface area contributed by atoms with Crippen LogP contribution < -0.4 is 10.6 Å². The van der Waals surface area contributed by atoms with E-state index < -0.39 is 5.97 Å². The van der Waals surface area contributed by atoms with E-state index in [0.29, 0.717) is 11.3 Å². The molecule has 5 rings (SSSR count). The summed E-state index contributed by atoms with van der Waals surface area (Å²) < 4.78 is 4.78. The predicted octanol–water partition coefficient (Wildman–Crippen LogP) is 3.56. The minimum Gasteiger partial charge on any atom is -0.465 e. The second-order valence-corrected chi connectivity index (χ2v) is 7.81. The van der Waals surface area contributed by atoms with Gasteiger partial charge in [0.25, 0.3) is 0 Å². The summed E-state index contributed by atoms with van der Waals surface area (Å²) in [5.41, 5.74) is 0.825. The number of hydrogen-bond donors (Lipinski definition) is 2. The molecule has 4 saturated carbocycles. The van der Waals surface area contributed by atoms with E-state index in [4.69, 9.17) is 4.74 Å². The van der Waals surface area contributed by atoms with Crippen molar-refractivity contribution in [2.45, 2.75) is 44.1 Å². The van der Waals surface area contributed by atoms with Crippen LogP contribution in [0.25, 0.3) is 0 Å². The molecule has 0 unspecified atom stereocenters. The van der Waals surface area contributed by atoms with Gasteiger partial charge in [0.1, 0.15) is 0 Å². The maximum Gasteiger partial charge on any atom is 0.339 e. The fourth-order valence-electron chi connectivity index (χ4n) is 5.54. The van der Waals surface area contributed by atoms with Crippen LogP contribution in [0.5, 0.6) is 0 Å². The van der Waals surface area contributed by atoms with Crippen LogP contribution in [0.1, 0.15) is 48.9 Å². The summed E-state index contributed by atoms with van der Waals surface area (Å²) in [7, 11) is 1.34. The number of anilines is 1. The van der Waals surface area contributed by atoms with Gasteiger partial charge in [0, 0.05) is 5.54 Å². The largest absolute Gasteiger partial charge is 0.465 e. The number of urea groups is 1. The number of amides is 2. The zero-order valence-corrected chi connectivity index (χ0v) is 14.0. The summed E-state index contributed by atoms with van der Waals surface area (Å²) in [6.45, 7) is 0. The number of ether oxygens (including phenoxy) is 1. The number of carbonyl (C=O) groups excluding carboxylic acids is 2. The lowest BCUT2D eigenvalue weighted by Gasteiger charge is -2.56. The van der Waals surface area contributed by atoms with Crippen LogP contribution in [0.4, 0.5) is 10.5 Å². The van der Waals surface area contributed by atoms with Gasteiger partial charge in [0.15, 0.2) is 0 Å². The average molecular weight is 328 g/mol. The lowest BCUT2D eigenvalue weighted by Crippen LogP contribution is -2.60. The van der Waals surface area contributed by atoms with Crippen molar-refractivity contribution in [3.63, 3.8) is 0 Å². The molecular formula is C19H24N2O3. The Morgan fingerprint density at radius 2 is 1.62 bits per heavy atom. The third kappa shape index (κ3) is 2.76. The van der Waals surface area contributed by atoms with E-state index in [2.05, 4.69) is 10.6 Å². The van der Waals surface area contributed by atoms with Crippen molar-refractivity contribution in [3.8, 4) is 0 Å². The van der Waals surface area contributed by atoms with Crippen molar-refractivity contribution in [2.24, 2.45) is 17.8 Å². The highest BCUT2D eigenvalue weighted by Crippen LogP contribution is 2.55. The van der Waals surface area contributed by atoms with Gasteiger partial charge in [-0.25, -0.2) is 9.59 Å². The van der Waals surface area contributed by atoms with Crippen molar-refractivity contribution in [2.75, 3.05) is 12.4 Å². The van der Waals surface area contributed by atoms with Crippen LogP contribution >= 0.6 is 0 Å². The Balaban J connectivity index is 1.47. The van der Waals surface area contributed by atoms with Gasteiger partial charge in [-0.05, 0) is 68.4 Å². The van der Waals surface area contributed by atoms with Crippen molar-refractivity contribution in [1.29, 1.82) is 0 Å². The smallest absolute Gasteiger partial charge is 0.339 e. The predicted molar refractivity (Wildman–Crippen MR) is 90.8 cm³/mol. The van der Waals surface area contributed by atoms with Crippen molar-refractivity contribution in [1.82, 2.24) is 5.32 Å². The molecule has 0 atom stereocenters. The second-order valence-electron chi connectivity index (χ2n) is 7.81. The van der Waals surface area contributed by atoms with E-state index in [1.165, 1.54) is 26.4 Å². The van der Waals surface area contributed by atoms with Gasteiger partial charge in [-0.3, -0.25) is 0 Å². The van der Waals surface area contributed by atoms with Crippen LogP contribution in [-0.4, -0.2) is 24.6 Å². The van der Waals surface area contributed by atoms with E-state index in [9.17, 15) is 9.59 Å². The fourth-order valence-corrected chi connectivity index (χ4v) is 5.54. The Bertz CT molecular complexity index is 635. The van der Waals surface area contributed by atoms with E-state index in [1.807, 2.05) is 0 Å². The highest BCUT2D eigenvalue weighted by Gasteiger charge is 2.51. The quantitative estimate of drug-likeness (QED) is 0.834. The molecule has 128 valence electrons. The Labute approximate surface area is 142 Å². The van der Waals surface area contributed by atoms with Gasteiger partial charge in [0.05, 0.1) is 18.4 Å². The second kappa shape index (κ2) is 5.80. The summed E-state index contributed by atoms with van der Waals surface area (Å²) in [5.74, 6) is 1.89. The Hall–Kier alpha value is -2.04. The molecule has 4 aliphatic rings. The molecule has 2 amide bonds. The molecule has 5 nitrogen and oxygen atoms in total. The van der Waals surface area contributed by atoms with Crippen LogP contribution in [0.2, 0.25) is 0 Å². The van der Waals surface area contributed by atoms with Crippen LogP contribution in [-0.2, 0) is 4.74 Å². The number of methoxy groups -OCH3 is 1. The van der Waals surface area contributed by atoms with Gasteiger partial charge in [0.2, 0.25) is 0 Å². The number of nitrogens with one attached hydrogen (secondary N) is 2. The molecule has 4 fully saturated rings. The molecule has 0 heterocycles. The number of benzene rings is 1. The van der Waals surface area contributed by atoms with E-state index in [0.717, 1.165) is 37.0 Å². The summed E-state index contributed by atoms with van der Waals surface area (Å²) in [5, 5.41) is 6.10. The normalized spacial score (nSPS) is 33.1. The Morgan fingerprint density at radius 3 is 2.21 bits per heavy atom. The zero-order valence-electron chi connectivity index (χ0n) is 14.0. The number of para-hydroxylation sites is 1. The van der Waals surface area contributed by atoms with Crippen molar-refractivity contribution < 1.29 is 14.3 Å². The lowest BCUT2D eigenvalue weighted by atomic mass is 9.53. The molecular weight excluding hydrogens is 304 g/mol. The maximum absolute atomic E-state index is 12.6. The van der Waals surface area contributed by atoms with Crippen LogP contribution in [0, 0.1) is 17.8 Å². The molecule has 0 aromatic heterocycles. The van der Waals surface area contributed by atoms with E-state index in [-0.39, 0.29) is 11.6 Å². The summed E-state index contributed by atoms with van der Waals surface area (Å²) in [4.78, 5) is 24.4. The monoisotopic (exact) mass is 328 g/mol. The minimum atomic E-state index is -0.444. The van der Waals surface area contributed by atoms with Gasteiger partial charge in [-0.2, -0.15) is 0 Å². The number of hydrogen-bond acceptors (Lipinski definition) is 3. The third-order valence-corrected chi connectivity index (χ3v) is 6.00. The molecule has 2 N–H and O–H groups in total. The molecule has 0 spiro atoms. The van der Waals surface area contributed by atoms with Gasteiger partial charge in [-0.15, -0.1) is 0 Å². The summed E-state index contributed by atoms with van der Waals surface area (Å²) in [6.07, 6.45) is 7.33. The molecule has 4 bridgehead atoms. The molecule has 0 radical (unpaired) electrons. The minimum absolute atomic E-state index is 0.0426. The first-order chi connectivity index (χ1) is 11.6. The molecule has 1 aromatic carbocycles. The fraction of sp³-hybridized carbons (Fsp3) is 0.579. The third-order valence-electron chi connectivity index (χ3n) is 6.00. The first-order valence-corrected chi connectivity index (χ1v) is 8.83. The Kier molecular flexibility index (Phi) is 3.74. The number of rotatable bonds is 3. The molecule has 24 heavy (non-hydrogen) atoms. The van der Waals surface area contributed by atoms with Crippen molar-refractivity contribution >= 4 is 17.7 Å². The van der Waals surface area contributed by atoms with Gasteiger partial charge < -0.3 is 15.4 Å². The topological polar surface area (TPSA) is 67.4 Å². The first-order valence-electron chi connectivity index (χ1n) is 8.83. The molecule has 5 heteroatoms. The highest BCUT2D eigenvalue weighted by molar-refractivity contribution is 6.00. The Morgan fingerprint density at radius 1 is 1.04 bits per heavy atom. The van der Waals surface area contributed by atoms with Gasteiger partial charge in [-0.1, -0.05) is 12.1 Å². The standard InChI is InChI=1S/C19H24N2O3/c1-24-17(22)15-4-2-3-5-16(15)20-18(23)21-19-9-12-6-13(10-19)8-14(7-12)11-19/h2-5,12-14H,6-11H2,1H3,(H2,20,21,23). The summed E-state index contributed by atoms with van der Waals surface area (Å²) in [6, 6.07) is 6.73. The number of carbonyl (C=O) groups is 2. The van der Waals surface area contributed by atoms with Gasteiger partial charge >= 0.3 is 12.0 Å². The SMILES string of the molecule is COC(=O)c1ccccc1NC(=O)NC12CC3CC(CC(C3)C1)C2. The molecule has 0 aliphatic heterocycles. The van der Waals surface area contributed by atoms with Crippen LogP contribution in [0.3, 0.4) is 0 Å². The molecule has 0 saturated heterocycles. The average Bonchev–Trinajstić information content (AvgIpc) is 2.52. The maximum atomic E-state index is 12.6. The molecule has 1 aromatic rings. The highest BCUT2D eigenvalue weighted by atomic mass is 16.5. The zero-order chi connectivity index (χ0) is 16.7. The van der Waals surface area contributed by atoms with E-state index >= 15 is 0 Å². The number of esters is 1.